The minimum atomic E-state index is -0.857. The molecule has 1 aliphatic heterocycles. The fraction of sp³-hybridized carbons (Fsp3) is 0.667. The van der Waals surface area contributed by atoms with Crippen LogP contribution in [0.25, 0.3) is 0 Å². The fourth-order valence-corrected chi connectivity index (χ4v) is 3.74. The molecule has 0 N–H and O–H groups in total. The lowest BCUT2D eigenvalue weighted by atomic mass is 9.81. The van der Waals surface area contributed by atoms with Crippen LogP contribution in [-0.4, -0.2) is 22.3 Å². The molecular weight excluding hydrogens is 240 g/mol. The molecule has 0 radical (unpaired) electrons. The third kappa shape index (κ3) is 1.72. The number of nitriles is 1. The van der Waals surface area contributed by atoms with Crippen LogP contribution in [0.3, 0.4) is 0 Å². The van der Waals surface area contributed by atoms with Gasteiger partial charge in [-0.1, -0.05) is 31.4 Å². The van der Waals surface area contributed by atoms with Crippen molar-refractivity contribution < 1.29 is 9.59 Å². The van der Waals surface area contributed by atoms with E-state index in [9.17, 15) is 14.9 Å². The zero-order chi connectivity index (χ0) is 13.5. The van der Waals surface area contributed by atoms with Crippen LogP contribution in [0.4, 0.5) is 0 Å². The van der Waals surface area contributed by atoms with E-state index in [2.05, 4.69) is 6.07 Å². The van der Waals surface area contributed by atoms with Gasteiger partial charge in [0.25, 0.3) is 0 Å². The van der Waals surface area contributed by atoms with E-state index in [4.69, 9.17) is 0 Å². The Labute approximate surface area is 113 Å². The van der Waals surface area contributed by atoms with Crippen LogP contribution in [0.15, 0.2) is 12.2 Å². The highest BCUT2D eigenvalue weighted by molar-refractivity contribution is 6.06. The molecule has 0 aromatic carbocycles. The molecule has 4 heteroatoms. The van der Waals surface area contributed by atoms with Crippen molar-refractivity contribution in [2.75, 3.05) is 0 Å². The van der Waals surface area contributed by atoms with Crippen LogP contribution in [0, 0.1) is 23.2 Å². The van der Waals surface area contributed by atoms with Gasteiger partial charge in [-0.2, -0.15) is 5.26 Å². The van der Waals surface area contributed by atoms with E-state index in [-0.39, 0.29) is 23.7 Å². The number of allylic oxidation sites excluding steroid dienone is 2. The third-order valence-corrected chi connectivity index (χ3v) is 4.82. The van der Waals surface area contributed by atoms with E-state index in [0.717, 1.165) is 19.3 Å². The summed E-state index contributed by atoms with van der Waals surface area (Å²) in [6.45, 7) is 0. The summed E-state index contributed by atoms with van der Waals surface area (Å²) in [7, 11) is 0. The van der Waals surface area contributed by atoms with E-state index < -0.39 is 5.54 Å². The largest absolute Gasteiger partial charge is 0.274 e. The van der Waals surface area contributed by atoms with Crippen LogP contribution in [0.1, 0.15) is 44.9 Å². The summed E-state index contributed by atoms with van der Waals surface area (Å²) in [5.74, 6) is -0.653. The van der Waals surface area contributed by atoms with Crippen LogP contribution >= 0.6 is 0 Å². The van der Waals surface area contributed by atoms with Crippen molar-refractivity contribution >= 4 is 11.8 Å². The van der Waals surface area contributed by atoms with Gasteiger partial charge in [0.1, 0.15) is 5.54 Å². The van der Waals surface area contributed by atoms with Gasteiger partial charge in [-0.05, 0) is 25.7 Å². The van der Waals surface area contributed by atoms with Crippen molar-refractivity contribution in [3.05, 3.63) is 12.2 Å². The molecule has 1 saturated carbocycles. The van der Waals surface area contributed by atoms with Crippen LogP contribution < -0.4 is 0 Å². The predicted molar refractivity (Wildman–Crippen MR) is 68.6 cm³/mol. The minimum Gasteiger partial charge on any atom is -0.274 e. The lowest BCUT2D eigenvalue weighted by Crippen LogP contribution is -2.52. The summed E-state index contributed by atoms with van der Waals surface area (Å²) in [4.78, 5) is 26.4. The van der Waals surface area contributed by atoms with Gasteiger partial charge in [-0.3, -0.25) is 14.5 Å². The molecular formula is C15H18N2O2. The Bertz CT molecular complexity index is 457. The third-order valence-electron chi connectivity index (χ3n) is 4.82. The standard InChI is InChI=1S/C15H18N2O2/c16-10-15(8-4-1-5-9-15)17-13(18)11-6-2-3-7-12(11)14(17)19/h2-3,11-12H,1,4-9H2/t11-,12+. The Morgan fingerprint density at radius 2 is 1.58 bits per heavy atom. The predicted octanol–water partition coefficient (Wildman–Crippen LogP) is 2.16. The quantitative estimate of drug-likeness (QED) is 0.535. The lowest BCUT2D eigenvalue weighted by Gasteiger charge is -2.37. The molecule has 2 amide bonds. The molecule has 1 heterocycles. The summed E-state index contributed by atoms with van der Waals surface area (Å²) >= 11 is 0. The Hall–Kier alpha value is -1.63. The zero-order valence-electron chi connectivity index (χ0n) is 11.0. The van der Waals surface area contributed by atoms with Crippen molar-refractivity contribution in [1.29, 1.82) is 5.26 Å². The molecule has 4 nitrogen and oxygen atoms in total. The highest BCUT2D eigenvalue weighted by atomic mass is 16.2. The van der Waals surface area contributed by atoms with E-state index >= 15 is 0 Å². The number of imide groups is 1. The topological polar surface area (TPSA) is 61.2 Å². The second-order valence-corrected chi connectivity index (χ2v) is 5.87. The molecule has 1 saturated heterocycles. The number of fused-ring (bicyclic) bond motifs is 1. The number of nitrogens with zero attached hydrogens (tertiary/aromatic N) is 2. The Balaban J connectivity index is 1.94. The van der Waals surface area contributed by atoms with Crippen molar-refractivity contribution in [2.24, 2.45) is 11.8 Å². The Kier molecular flexibility index (Phi) is 2.93. The van der Waals surface area contributed by atoms with Gasteiger partial charge >= 0.3 is 0 Å². The van der Waals surface area contributed by atoms with Gasteiger partial charge in [-0.15, -0.1) is 0 Å². The molecule has 3 aliphatic rings. The molecule has 2 aliphatic carbocycles. The number of likely N-dealkylation sites (tertiary alicyclic amines) is 1. The van der Waals surface area contributed by atoms with Crippen LogP contribution in [0.2, 0.25) is 0 Å². The molecule has 3 rings (SSSR count). The van der Waals surface area contributed by atoms with Crippen LogP contribution in [0.5, 0.6) is 0 Å². The minimum absolute atomic E-state index is 0.109. The SMILES string of the molecule is N#CC1(N2C(=O)[C@H]3CC=CC[C@H]3C2=O)CCCCC1. The molecule has 2 atom stereocenters. The van der Waals surface area contributed by atoms with E-state index in [1.807, 2.05) is 12.2 Å². The van der Waals surface area contributed by atoms with E-state index in [0.29, 0.717) is 25.7 Å². The highest BCUT2D eigenvalue weighted by Gasteiger charge is 2.55. The molecule has 0 aromatic rings. The maximum atomic E-state index is 12.5. The first-order chi connectivity index (χ1) is 9.19. The second-order valence-electron chi connectivity index (χ2n) is 5.87. The molecule has 100 valence electrons. The van der Waals surface area contributed by atoms with Gasteiger partial charge < -0.3 is 0 Å². The summed E-state index contributed by atoms with van der Waals surface area (Å²) in [6.07, 6.45) is 9.50. The number of carbonyl (C=O) groups excluding carboxylic acids is 2. The van der Waals surface area contributed by atoms with Gasteiger partial charge in [0.15, 0.2) is 0 Å². The molecule has 0 unspecified atom stereocenters. The summed E-state index contributed by atoms with van der Waals surface area (Å²) in [5.41, 5.74) is -0.857. The molecule has 2 fully saturated rings. The van der Waals surface area contributed by atoms with Crippen LogP contribution in [-0.2, 0) is 9.59 Å². The smallest absolute Gasteiger partial charge is 0.234 e. The van der Waals surface area contributed by atoms with Gasteiger partial charge in [0, 0.05) is 0 Å². The number of carbonyl (C=O) groups is 2. The first-order valence-corrected chi connectivity index (χ1v) is 7.14. The number of rotatable bonds is 1. The summed E-state index contributed by atoms with van der Waals surface area (Å²) in [5, 5.41) is 9.56. The fourth-order valence-electron chi connectivity index (χ4n) is 3.74. The average Bonchev–Trinajstić information content (AvgIpc) is 2.73. The first-order valence-electron chi connectivity index (χ1n) is 7.14. The maximum Gasteiger partial charge on any atom is 0.234 e. The van der Waals surface area contributed by atoms with Gasteiger partial charge in [0.05, 0.1) is 17.9 Å². The Morgan fingerprint density at radius 3 is 2.05 bits per heavy atom. The maximum absolute atomic E-state index is 12.5. The van der Waals surface area contributed by atoms with E-state index in [1.54, 1.807) is 0 Å². The Morgan fingerprint density at radius 1 is 1.05 bits per heavy atom. The monoisotopic (exact) mass is 258 g/mol. The molecule has 0 spiro atoms. The normalized spacial score (nSPS) is 33.1. The number of amides is 2. The molecule has 0 aromatic heterocycles. The highest BCUT2D eigenvalue weighted by Crippen LogP contribution is 2.43. The first kappa shape index (κ1) is 12.4. The summed E-state index contributed by atoms with van der Waals surface area (Å²) in [6, 6.07) is 2.29. The molecule has 19 heavy (non-hydrogen) atoms. The lowest BCUT2D eigenvalue weighted by molar-refractivity contribution is -0.146. The second kappa shape index (κ2) is 4.48. The van der Waals surface area contributed by atoms with Crippen molar-refractivity contribution in [2.45, 2.75) is 50.5 Å². The van der Waals surface area contributed by atoms with Gasteiger partial charge in [0.2, 0.25) is 11.8 Å². The molecule has 0 bridgehead atoms. The van der Waals surface area contributed by atoms with Crippen molar-refractivity contribution in [1.82, 2.24) is 4.90 Å². The number of hydrogen-bond acceptors (Lipinski definition) is 3. The summed E-state index contributed by atoms with van der Waals surface area (Å²) < 4.78 is 0. The zero-order valence-corrected chi connectivity index (χ0v) is 11.0. The number of hydrogen-bond donors (Lipinski definition) is 0. The average molecular weight is 258 g/mol. The van der Waals surface area contributed by atoms with Crippen molar-refractivity contribution in [3.63, 3.8) is 0 Å². The van der Waals surface area contributed by atoms with Crippen molar-refractivity contribution in [3.8, 4) is 6.07 Å². The van der Waals surface area contributed by atoms with E-state index in [1.165, 1.54) is 4.90 Å². The van der Waals surface area contributed by atoms with Gasteiger partial charge in [-0.25, -0.2) is 0 Å².